The molecule has 0 aromatic carbocycles. The molecular weight excluding hydrogens is 234 g/mol. The van der Waals surface area contributed by atoms with Crippen LogP contribution < -0.4 is 5.32 Å². The van der Waals surface area contributed by atoms with E-state index in [1.807, 2.05) is 0 Å². The summed E-state index contributed by atoms with van der Waals surface area (Å²) < 4.78 is 0. The topological polar surface area (TPSA) is 94.1 Å². The van der Waals surface area contributed by atoms with Gasteiger partial charge >= 0.3 is 0 Å². The Labute approximate surface area is 106 Å². The lowest BCUT2D eigenvalue weighted by Gasteiger charge is -2.32. The molecule has 1 fully saturated rings. The number of nitrogens with zero attached hydrogens (tertiary/aromatic N) is 3. The van der Waals surface area contributed by atoms with E-state index < -0.39 is 0 Å². The van der Waals surface area contributed by atoms with Gasteiger partial charge in [-0.15, -0.1) is 0 Å². The summed E-state index contributed by atoms with van der Waals surface area (Å²) in [5.74, 6) is 0.474. The van der Waals surface area contributed by atoms with Crippen LogP contribution in [-0.2, 0) is 0 Å². The van der Waals surface area contributed by atoms with Gasteiger partial charge in [-0.1, -0.05) is 0 Å². The van der Waals surface area contributed by atoms with Gasteiger partial charge < -0.3 is 15.3 Å². The van der Waals surface area contributed by atoms with Gasteiger partial charge in [0.05, 0.1) is 6.61 Å². The van der Waals surface area contributed by atoms with E-state index >= 15 is 0 Å². The largest absolute Gasteiger partial charge is 0.395 e. The summed E-state index contributed by atoms with van der Waals surface area (Å²) in [5.41, 5.74) is 0. The Kier molecular flexibility index (Phi) is 4.66. The van der Waals surface area contributed by atoms with Gasteiger partial charge in [0, 0.05) is 19.6 Å². The van der Waals surface area contributed by atoms with Gasteiger partial charge in [0.2, 0.25) is 5.82 Å². The lowest BCUT2D eigenvalue weighted by molar-refractivity contribution is 0.0915. The van der Waals surface area contributed by atoms with Gasteiger partial charge in [0.15, 0.2) is 0 Å². The lowest BCUT2D eigenvalue weighted by Crippen LogP contribution is -2.42. The van der Waals surface area contributed by atoms with Crippen LogP contribution in [0.1, 0.15) is 23.5 Å². The monoisotopic (exact) mass is 253 g/mol. The predicted molar refractivity (Wildman–Crippen MR) is 65.0 cm³/mol. The molecule has 0 aliphatic carbocycles. The average molecular weight is 253 g/mol. The Hall–Kier alpha value is -1.47. The molecule has 1 amide bonds. The van der Waals surface area contributed by atoms with Crippen LogP contribution in [0, 0.1) is 5.92 Å². The van der Waals surface area contributed by atoms with Gasteiger partial charge in [-0.2, -0.15) is 5.10 Å². The van der Waals surface area contributed by atoms with Crippen LogP contribution in [0.2, 0.25) is 0 Å². The average Bonchev–Trinajstić information content (AvgIpc) is 2.91. The summed E-state index contributed by atoms with van der Waals surface area (Å²) in [6.07, 6.45) is 3.54. The maximum absolute atomic E-state index is 11.7. The highest BCUT2D eigenvalue weighted by molar-refractivity contribution is 5.90. The van der Waals surface area contributed by atoms with Crippen LogP contribution in [0.25, 0.3) is 0 Å². The first-order valence-electron chi connectivity index (χ1n) is 6.26. The van der Waals surface area contributed by atoms with Crippen LogP contribution in [0.4, 0.5) is 0 Å². The SMILES string of the molecule is O=C(NC[C@@H]1CCCN(CCO)C1)c1ncn[nH]1. The van der Waals surface area contributed by atoms with Crippen LogP contribution in [0.3, 0.4) is 0 Å². The summed E-state index contributed by atoms with van der Waals surface area (Å²) in [7, 11) is 0. The molecule has 1 aliphatic rings. The summed E-state index contributed by atoms with van der Waals surface area (Å²) in [6.45, 7) is 3.51. The number of likely N-dealkylation sites (tertiary alicyclic amines) is 1. The number of carbonyl (C=O) groups excluding carboxylic acids is 1. The van der Waals surface area contributed by atoms with Crippen LogP contribution in [0.15, 0.2) is 6.33 Å². The number of aromatic nitrogens is 3. The molecule has 0 bridgehead atoms. The normalized spacial score (nSPS) is 20.8. The number of rotatable bonds is 5. The van der Waals surface area contributed by atoms with Gasteiger partial charge in [-0.05, 0) is 25.3 Å². The standard InChI is InChI=1S/C11H19N5O2/c17-5-4-16-3-1-2-9(7-16)6-12-11(18)10-13-8-14-15-10/h8-9,17H,1-7H2,(H,12,18)(H,13,14,15)/t9-/m0/s1. The maximum atomic E-state index is 11.7. The van der Waals surface area contributed by atoms with Crippen molar-refractivity contribution in [3.8, 4) is 0 Å². The summed E-state index contributed by atoms with van der Waals surface area (Å²) in [4.78, 5) is 17.7. The molecule has 0 unspecified atom stereocenters. The molecule has 100 valence electrons. The first kappa shape index (κ1) is 13.0. The molecular formula is C11H19N5O2. The molecule has 0 radical (unpaired) electrons. The van der Waals surface area contributed by atoms with Crippen LogP contribution >= 0.6 is 0 Å². The molecule has 2 rings (SSSR count). The van der Waals surface area contributed by atoms with Gasteiger partial charge in [-0.3, -0.25) is 9.89 Å². The van der Waals surface area contributed by atoms with Crippen molar-refractivity contribution in [2.45, 2.75) is 12.8 Å². The minimum atomic E-state index is -0.216. The Morgan fingerprint density at radius 1 is 1.67 bits per heavy atom. The van der Waals surface area contributed by atoms with E-state index in [1.54, 1.807) is 0 Å². The number of aliphatic hydroxyl groups is 1. The number of β-amino-alcohol motifs (C(OH)–C–C–N with tert-alkyl or cyclic N) is 1. The van der Waals surface area contributed by atoms with E-state index in [1.165, 1.54) is 6.33 Å². The summed E-state index contributed by atoms with van der Waals surface area (Å²) in [5, 5.41) is 18.0. The maximum Gasteiger partial charge on any atom is 0.288 e. The summed E-state index contributed by atoms with van der Waals surface area (Å²) >= 11 is 0. The van der Waals surface area contributed by atoms with Crippen molar-refractivity contribution in [3.05, 3.63) is 12.2 Å². The number of aromatic amines is 1. The fourth-order valence-electron chi connectivity index (χ4n) is 2.30. The second-order valence-corrected chi connectivity index (χ2v) is 4.58. The molecule has 2 heterocycles. The third-order valence-electron chi connectivity index (χ3n) is 3.20. The van der Waals surface area contributed by atoms with Gasteiger partial charge in [0.25, 0.3) is 5.91 Å². The minimum Gasteiger partial charge on any atom is -0.395 e. The van der Waals surface area contributed by atoms with Crippen molar-refractivity contribution in [3.63, 3.8) is 0 Å². The number of aliphatic hydroxyl groups excluding tert-OH is 1. The quantitative estimate of drug-likeness (QED) is 0.641. The third-order valence-corrected chi connectivity index (χ3v) is 3.20. The molecule has 3 N–H and O–H groups in total. The number of piperidine rings is 1. The molecule has 1 saturated heterocycles. The molecule has 7 heteroatoms. The molecule has 0 spiro atoms. The second-order valence-electron chi connectivity index (χ2n) is 4.58. The zero-order valence-electron chi connectivity index (χ0n) is 10.3. The number of H-pyrrole nitrogens is 1. The van der Waals surface area contributed by atoms with Gasteiger partial charge in [-0.25, -0.2) is 4.98 Å². The van der Waals surface area contributed by atoms with Crippen molar-refractivity contribution in [1.82, 2.24) is 25.4 Å². The van der Waals surface area contributed by atoms with Crippen molar-refractivity contribution < 1.29 is 9.90 Å². The van der Waals surface area contributed by atoms with Crippen LogP contribution in [0.5, 0.6) is 0 Å². The van der Waals surface area contributed by atoms with E-state index in [0.717, 1.165) is 25.9 Å². The fraction of sp³-hybridized carbons (Fsp3) is 0.727. The highest BCUT2D eigenvalue weighted by atomic mass is 16.3. The van der Waals surface area contributed by atoms with Crippen molar-refractivity contribution >= 4 is 5.91 Å². The van der Waals surface area contributed by atoms with Crippen molar-refractivity contribution in [1.29, 1.82) is 0 Å². The van der Waals surface area contributed by atoms with E-state index in [-0.39, 0.29) is 18.3 Å². The van der Waals surface area contributed by atoms with E-state index in [2.05, 4.69) is 25.4 Å². The van der Waals surface area contributed by atoms with Gasteiger partial charge in [0.1, 0.15) is 6.33 Å². The van der Waals surface area contributed by atoms with E-state index in [4.69, 9.17) is 5.11 Å². The number of nitrogens with one attached hydrogen (secondary N) is 2. The first-order chi connectivity index (χ1) is 8.79. The molecule has 7 nitrogen and oxygen atoms in total. The third kappa shape index (κ3) is 3.51. The zero-order chi connectivity index (χ0) is 12.8. The Morgan fingerprint density at radius 2 is 2.56 bits per heavy atom. The predicted octanol–water partition coefficient (Wildman–Crippen LogP) is -0.761. The van der Waals surface area contributed by atoms with Crippen LogP contribution in [-0.4, -0.2) is 63.9 Å². The Balaban J connectivity index is 1.74. The Morgan fingerprint density at radius 3 is 3.28 bits per heavy atom. The molecule has 1 aromatic heterocycles. The molecule has 18 heavy (non-hydrogen) atoms. The smallest absolute Gasteiger partial charge is 0.288 e. The number of amides is 1. The molecule has 0 saturated carbocycles. The molecule has 1 atom stereocenters. The van der Waals surface area contributed by atoms with E-state index in [0.29, 0.717) is 19.0 Å². The summed E-state index contributed by atoms with van der Waals surface area (Å²) in [6, 6.07) is 0. The molecule has 1 aliphatic heterocycles. The highest BCUT2D eigenvalue weighted by Crippen LogP contribution is 2.15. The Bertz CT molecular complexity index is 366. The number of hydrogen-bond donors (Lipinski definition) is 3. The second kappa shape index (κ2) is 6.46. The molecule has 1 aromatic rings. The number of hydrogen-bond acceptors (Lipinski definition) is 5. The van der Waals surface area contributed by atoms with Crippen molar-refractivity contribution in [2.75, 3.05) is 32.8 Å². The first-order valence-corrected chi connectivity index (χ1v) is 6.26. The number of carbonyl (C=O) groups is 1. The fourth-order valence-corrected chi connectivity index (χ4v) is 2.30. The van der Waals surface area contributed by atoms with Crippen molar-refractivity contribution in [2.24, 2.45) is 5.92 Å². The zero-order valence-corrected chi connectivity index (χ0v) is 10.3. The van der Waals surface area contributed by atoms with E-state index in [9.17, 15) is 4.79 Å². The highest BCUT2D eigenvalue weighted by Gasteiger charge is 2.20. The lowest BCUT2D eigenvalue weighted by atomic mass is 9.98. The minimum absolute atomic E-state index is 0.192.